The molecule has 0 aliphatic carbocycles. The summed E-state index contributed by atoms with van der Waals surface area (Å²) in [6, 6.07) is 6.57. The van der Waals surface area contributed by atoms with Gasteiger partial charge in [0, 0.05) is 12.6 Å². The summed E-state index contributed by atoms with van der Waals surface area (Å²) in [5, 5.41) is 0.736. The van der Waals surface area contributed by atoms with E-state index in [4.69, 9.17) is 0 Å². The van der Waals surface area contributed by atoms with Gasteiger partial charge in [0.15, 0.2) is 11.4 Å². The molecule has 20 heavy (non-hydrogen) atoms. The second-order valence-electron chi connectivity index (χ2n) is 4.59. The van der Waals surface area contributed by atoms with Gasteiger partial charge >= 0.3 is 0 Å². The molecule has 2 rings (SSSR count). The van der Waals surface area contributed by atoms with Crippen molar-refractivity contribution in [1.29, 1.82) is 0 Å². The normalized spacial score (nSPS) is 12.2. The number of hydrogen-bond acceptors (Lipinski definition) is 4. The monoisotopic (exact) mass is 292 g/mol. The van der Waals surface area contributed by atoms with Crippen LogP contribution in [-0.2, 0) is 6.42 Å². The highest BCUT2D eigenvalue weighted by atomic mass is 32.1. The van der Waals surface area contributed by atoms with Gasteiger partial charge < -0.3 is 4.90 Å². The number of benzene rings is 1. The quantitative estimate of drug-likeness (QED) is 0.785. The van der Waals surface area contributed by atoms with Crippen LogP contribution in [0.3, 0.4) is 0 Å². The molecule has 1 unspecified atom stereocenters. The van der Waals surface area contributed by atoms with Crippen LogP contribution in [0.1, 0.15) is 40.8 Å². The third kappa shape index (κ3) is 2.72. The summed E-state index contributed by atoms with van der Waals surface area (Å²) in [7, 11) is 1.87. The Labute approximate surface area is 122 Å². The molecule has 0 saturated carbocycles. The third-order valence-electron chi connectivity index (χ3n) is 3.40. The van der Waals surface area contributed by atoms with E-state index in [1.165, 1.54) is 17.4 Å². The minimum atomic E-state index is -0.227. The first-order valence-electron chi connectivity index (χ1n) is 6.50. The molecule has 1 aromatic carbocycles. The second-order valence-corrected chi connectivity index (χ2v) is 5.60. The van der Waals surface area contributed by atoms with Crippen LogP contribution in [0.2, 0.25) is 0 Å². The molecule has 2 aromatic rings. The highest BCUT2D eigenvalue weighted by molar-refractivity contribution is 7.17. The SMILES string of the molecule is CCc1nc(N(C)C(C)c2ccccc2F)sc1C=O. The number of rotatable bonds is 5. The summed E-state index contributed by atoms with van der Waals surface area (Å²) in [6.07, 6.45) is 1.55. The summed E-state index contributed by atoms with van der Waals surface area (Å²) in [6.45, 7) is 3.89. The van der Waals surface area contributed by atoms with Crippen molar-refractivity contribution in [3.8, 4) is 0 Å². The van der Waals surface area contributed by atoms with Crippen LogP contribution in [0, 0.1) is 5.82 Å². The number of aromatic nitrogens is 1. The highest BCUT2D eigenvalue weighted by Gasteiger charge is 2.20. The Morgan fingerprint density at radius 2 is 2.15 bits per heavy atom. The maximum absolute atomic E-state index is 13.8. The van der Waals surface area contributed by atoms with Crippen molar-refractivity contribution in [3.63, 3.8) is 0 Å². The van der Waals surface area contributed by atoms with E-state index in [1.807, 2.05) is 31.9 Å². The van der Waals surface area contributed by atoms with Crippen LogP contribution in [0.25, 0.3) is 0 Å². The summed E-state index contributed by atoms with van der Waals surface area (Å²) < 4.78 is 13.8. The van der Waals surface area contributed by atoms with Crippen LogP contribution < -0.4 is 4.90 Å². The number of aryl methyl sites for hydroxylation is 1. The van der Waals surface area contributed by atoms with Crippen molar-refractivity contribution in [2.75, 3.05) is 11.9 Å². The first kappa shape index (κ1) is 14.7. The topological polar surface area (TPSA) is 33.2 Å². The number of thiazole rings is 1. The predicted molar refractivity (Wildman–Crippen MR) is 80.1 cm³/mol. The molecule has 0 aliphatic heterocycles. The largest absolute Gasteiger partial charge is 0.344 e. The Kier molecular flexibility index (Phi) is 4.49. The average Bonchev–Trinajstić information content (AvgIpc) is 2.89. The van der Waals surface area contributed by atoms with Crippen molar-refractivity contribution in [1.82, 2.24) is 4.98 Å². The lowest BCUT2D eigenvalue weighted by atomic mass is 10.1. The Morgan fingerprint density at radius 1 is 1.45 bits per heavy atom. The van der Waals surface area contributed by atoms with E-state index < -0.39 is 0 Å². The van der Waals surface area contributed by atoms with Crippen molar-refractivity contribution < 1.29 is 9.18 Å². The Bertz CT molecular complexity index is 612. The number of anilines is 1. The lowest BCUT2D eigenvalue weighted by Gasteiger charge is -2.24. The van der Waals surface area contributed by atoms with Crippen LogP contribution >= 0.6 is 11.3 Å². The summed E-state index contributed by atoms with van der Waals surface area (Å²) >= 11 is 1.35. The molecule has 1 aromatic heterocycles. The van der Waals surface area contributed by atoms with Gasteiger partial charge in [-0.3, -0.25) is 4.79 Å². The van der Waals surface area contributed by atoms with Gasteiger partial charge in [0.1, 0.15) is 5.82 Å². The molecule has 0 N–H and O–H groups in total. The van der Waals surface area contributed by atoms with Gasteiger partial charge in [0.2, 0.25) is 0 Å². The molecule has 0 spiro atoms. The maximum atomic E-state index is 13.8. The van der Waals surface area contributed by atoms with Gasteiger partial charge in [0.25, 0.3) is 0 Å². The van der Waals surface area contributed by atoms with Crippen LogP contribution in [0.15, 0.2) is 24.3 Å². The van der Waals surface area contributed by atoms with Gasteiger partial charge in [-0.25, -0.2) is 9.37 Å². The van der Waals surface area contributed by atoms with Crippen molar-refractivity contribution in [2.24, 2.45) is 0 Å². The number of aldehydes is 1. The first-order valence-corrected chi connectivity index (χ1v) is 7.32. The van der Waals surface area contributed by atoms with E-state index >= 15 is 0 Å². The van der Waals surface area contributed by atoms with Crippen LogP contribution in [0.4, 0.5) is 9.52 Å². The zero-order valence-corrected chi connectivity index (χ0v) is 12.6. The molecule has 106 valence electrons. The number of hydrogen-bond donors (Lipinski definition) is 0. The minimum absolute atomic E-state index is 0.147. The van der Waals surface area contributed by atoms with Crippen molar-refractivity contribution >= 4 is 22.8 Å². The summed E-state index contributed by atoms with van der Waals surface area (Å²) in [4.78, 5) is 18.0. The molecule has 3 nitrogen and oxygen atoms in total. The summed E-state index contributed by atoms with van der Waals surface area (Å²) in [5.74, 6) is -0.227. The fraction of sp³-hybridized carbons (Fsp3) is 0.333. The fourth-order valence-electron chi connectivity index (χ4n) is 2.04. The zero-order valence-electron chi connectivity index (χ0n) is 11.8. The van der Waals surface area contributed by atoms with Gasteiger partial charge in [-0.1, -0.05) is 36.5 Å². The van der Waals surface area contributed by atoms with Crippen LogP contribution in [0.5, 0.6) is 0 Å². The lowest BCUT2D eigenvalue weighted by Crippen LogP contribution is -2.22. The number of nitrogens with zero attached hydrogens (tertiary/aromatic N) is 2. The van der Waals surface area contributed by atoms with E-state index in [1.54, 1.807) is 12.1 Å². The molecule has 0 saturated heterocycles. The summed E-state index contributed by atoms with van der Waals surface area (Å²) in [5.41, 5.74) is 1.42. The molecule has 0 fully saturated rings. The molecular weight excluding hydrogens is 275 g/mol. The number of halogens is 1. The Hall–Kier alpha value is -1.75. The standard InChI is InChI=1S/C15H17FN2OS/c1-4-13-14(9-19)20-15(17-13)18(3)10(2)11-7-5-6-8-12(11)16/h5-10H,4H2,1-3H3. The lowest BCUT2D eigenvalue weighted by molar-refractivity contribution is 0.112. The average molecular weight is 292 g/mol. The Balaban J connectivity index is 2.31. The molecule has 1 atom stereocenters. The predicted octanol–water partition coefficient (Wildman–Crippen LogP) is 3.85. The van der Waals surface area contributed by atoms with Gasteiger partial charge in [-0.2, -0.15) is 0 Å². The molecule has 0 aliphatic rings. The second kappa shape index (κ2) is 6.13. The van der Waals surface area contributed by atoms with Crippen molar-refractivity contribution in [3.05, 3.63) is 46.2 Å². The third-order valence-corrected chi connectivity index (χ3v) is 4.51. The molecule has 0 bridgehead atoms. The van der Waals surface area contributed by atoms with Crippen molar-refractivity contribution in [2.45, 2.75) is 26.3 Å². The Morgan fingerprint density at radius 3 is 2.70 bits per heavy atom. The smallest absolute Gasteiger partial charge is 0.186 e. The molecule has 0 amide bonds. The highest BCUT2D eigenvalue weighted by Crippen LogP contribution is 2.31. The minimum Gasteiger partial charge on any atom is -0.344 e. The van der Waals surface area contributed by atoms with E-state index in [0.717, 1.165) is 17.1 Å². The van der Waals surface area contributed by atoms with E-state index in [2.05, 4.69) is 4.98 Å². The molecule has 5 heteroatoms. The molecule has 1 heterocycles. The van der Waals surface area contributed by atoms with Gasteiger partial charge in [0.05, 0.1) is 16.6 Å². The maximum Gasteiger partial charge on any atom is 0.186 e. The number of carbonyl (C=O) groups is 1. The number of carbonyl (C=O) groups excluding carboxylic acids is 1. The van der Waals surface area contributed by atoms with Gasteiger partial charge in [-0.15, -0.1) is 0 Å². The zero-order chi connectivity index (χ0) is 14.7. The van der Waals surface area contributed by atoms with E-state index in [0.29, 0.717) is 16.9 Å². The van der Waals surface area contributed by atoms with Crippen LogP contribution in [-0.4, -0.2) is 18.3 Å². The molecule has 0 radical (unpaired) electrons. The van der Waals surface area contributed by atoms with Gasteiger partial charge in [-0.05, 0) is 19.4 Å². The fourth-order valence-corrected chi connectivity index (χ4v) is 3.05. The van der Waals surface area contributed by atoms with E-state index in [9.17, 15) is 9.18 Å². The first-order chi connectivity index (χ1) is 9.58. The molecular formula is C15H17FN2OS. The van der Waals surface area contributed by atoms with E-state index in [-0.39, 0.29) is 11.9 Å².